The van der Waals surface area contributed by atoms with Gasteiger partial charge in [-0.2, -0.15) is 0 Å². The molecular weight excluding hydrogens is 237 g/mol. The van der Waals surface area contributed by atoms with Crippen molar-refractivity contribution in [1.82, 2.24) is 14.9 Å². The number of piperidine rings is 1. The van der Waals surface area contributed by atoms with E-state index in [-0.39, 0.29) is 12.1 Å². The highest BCUT2D eigenvalue weighted by atomic mass is 19.1. The van der Waals surface area contributed by atoms with E-state index in [1.807, 2.05) is 0 Å². The zero-order valence-corrected chi connectivity index (χ0v) is 10.5. The van der Waals surface area contributed by atoms with Crippen LogP contribution in [0.2, 0.25) is 0 Å². The smallest absolute Gasteiger partial charge is 0.316 e. The van der Waals surface area contributed by atoms with Crippen LogP contribution in [-0.4, -0.2) is 54.3 Å². The van der Waals surface area contributed by atoms with Crippen molar-refractivity contribution in [3.8, 4) is 6.01 Å². The fourth-order valence-corrected chi connectivity index (χ4v) is 1.98. The highest BCUT2D eigenvalue weighted by Crippen LogP contribution is 2.15. The Kier molecular flexibility index (Phi) is 4.83. The molecule has 0 amide bonds. The van der Waals surface area contributed by atoms with Crippen LogP contribution in [0.15, 0.2) is 12.4 Å². The summed E-state index contributed by atoms with van der Waals surface area (Å²) < 4.78 is 23.3. The van der Waals surface area contributed by atoms with E-state index >= 15 is 0 Å². The normalized spacial score (nSPS) is 17.9. The molecule has 1 aliphatic heterocycles. The molecule has 100 valence electrons. The molecule has 2 heterocycles. The Hall–Kier alpha value is -1.27. The summed E-state index contributed by atoms with van der Waals surface area (Å²) in [5.74, 6) is -0.447. The van der Waals surface area contributed by atoms with E-state index in [9.17, 15) is 4.39 Å². The lowest BCUT2D eigenvalue weighted by molar-refractivity contribution is 0.0743. The zero-order chi connectivity index (χ0) is 12.8. The van der Waals surface area contributed by atoms with Gasteiger partial charge in [0.2, 0.25) is 0 Å². The minimum absolute atomic E-state index is 0.120. The van der Waals surface area contributed by atoms with Crippen molar-refractivity contribution in [2.75, 3.05) is 33.4 Å². The Bertz CT molecular complexity index is 353. The number of ether oxygens (including phenoxy) is 2. The van der Waals surface area contributed by atoms with Gasteiger partial charge < -0.3 is 14.4 Å². The first-order chi connectivity index (χ1) is 8.78. The number of nitrogens with zero attached hydrogens (tertiary/aromatic N) is 3. The lowest BCUT2D eigenvalue weighted by atomic mass is 10.1. The van der Waals surface area contributed by atoms with Crippen LogP contribution >= 0.6 is 0 Å². The average Bonchev–Trinajstić information content (AvgIpc) is 2.41. The van der Waals surface area contributed by atoms with Gasteiger partial charge in [-0.1, -0.05) is 0 Å². The first-order valence-corrected chi connectivity index (χ1v) is 6.13. The van der Waals surface area contributed by atoms with Crippen molar-refractivity contribution in [1.29, 1.82) is 0 Å². The van der Waals surface area contributed by atoms with Crippen molar-refractivity contribution < 1.29 is 13.9 Å². The minimum Gasteiger partial charge on any atom is -0.460 e. The third-order valence-electron chi connectivity index (χ3n) is 3.01. The van der Waals surface area contributed by atoms with Crippen molar-refractivity contribution in [3.63, 3.8) is 0 Å². The van der Waals surface area contributed by atoms with Crippen LogP contribution in [0.25, 0.3) is 0 Å². The Balaban J connectivity index is 1.74. The molecular formula is C12H18FN3O2. The fraction of sp³-hybridized carbons (Fsp3) is 0.667. The van der Waals surface area contributed by atoms with E-state index in [0.717, 1.165) is 51.5 Å². The number of hydrogen-bond donors (Lipinski definition) is 0. The first kappa shape index (κ1) is 13.2. The largest absolute Gasteiger partial charge is 0.460 e. The van der Waals surface area contributed by atoms with E-state index < -0.39 is 5.82 Å². The summed E-state index contributed by atoms with van der Waals surface area (Å²) in [5.41, 5.74) is 0. The Morgan fingerprint density at radius 1 is 1.33 bits per heavy atom. The van der Waals surface area contributed by atoms with Crippen LogP contribution in [0.1, 0.15) is 12.8 Å². The van der Waals surface area contributed by atoms with Crippen LogP contribution < -0.4 is 4.74 Å². The van der Waals surface area contributed by atoms with Gasteiger partial charge in [0.25, 0.3) is 0 Å². The van der Waals surface area contributed by atoms with Crippen molar-refractivity contribution >= 4 is 0 Å². The van der Waals surface area contributed by atoms with E-state index in [4.69, 9.17) is 9.47 Å². The second-order valence-electron chi connectivity index (χ2n) is 4.34. The molecule has 6 heteroatoms. The van der Waals surface area contributed by atoms with E-state index in [0.29, 0.717) is 0 Å². The molecule has 0 aromatic carbocycles. The summed E-state index contributed by atoms with van der Waals surface area (Å²) in [4.78, 5) is 9.94. The van der Waals surface area contributed by atoms with Gasteiger partial charge in [-0.25, -0.2) is 14.4 Å². The molecule has 2 rings (SSSR count). The highest BCUT2D eigenvalue weighted by Gasteiger charge is 2.20. The van der Waals surface area contributed by atoms with Crippen LogP contribution in [-0.2, 0) is 4.74 Å². The number of likely N-dealkylation sites (tertiary alicyclic amines) is 1. The molecule has 0 spiro atoms. The van der Waals surface area contributed by atoms with Gasteiger partial charge in [0.1, 0.15) is 6.10 Å². The third-order valence-corrected chi connectivity index (χ3v) is 3.01. The van der Waals surface area contributed by atoms with Crippen LogP contribution in [0.5, 0.6) is 6.01 Å². The summed E-state index contributed by atoms with van der Waals surface area (Å²) in [6.45, 7) is 3.67. The molecule has 0 saturated carbocycles. The zero-order valence-electron chi connectivity index (χ0n) is 10.5. The van der Waals surface area contributed by atoms with Gasteiger partial charge in [0, 0.05) is 26.7 Å². The Morgan fingerprint density at radius 2 is 2.00 bits per heavy atom. The van der Waals surface area contributed by atoms with Gasteiger partial charge in [-0.3, -0.25) is 0 Å². The molecule has 1 saturated heterocycles. The number of rotatable bonds is 5. The van der Waals surface area contributed by atoms with Gasteiger partial charge >= 0.3 is 6.01 Å². The number of methoxy groups -OCH3 is 1. The summed E-state index contributed by atoms with van der Waals surface area (Å²) in [7, 11) is 1.71. The number of aromatic nitrogens is 2. The highest BCUT2D eigenvalue weighted by molar-refractivity contribution is 4.96. The monoisotopic (exact) mass is 255 g/mol. The quantitative estimate of drug-likeness (QED) is 0.788. The van der Waals surface area contributed by atoms with Crippen molar-refractivity contribution in [3.05, 3.63) is 18.2 Å². The standard InChI is InChI=1S/C12H18FN3O2/c1-17-7-6-16-4-2-11(3-5-16)18-12-14-8-10(13)9-15-12/h8-9,11H,2-7H2,1H3. The minimum atomic E-state index is -0.447. The van der Waals surface area contributed by atoms with Crippen molar-refractivity contribution in [2.24, 2.45) is 0 Å². The second-order valence-corrected chi connectivity index (χ2v) is 4.34. The van der Waals surface area contributed by atoms with E-state index in [1.165, 1.54) is 0 Å². The molecule has 0 aliphatic carbocycles. The first-order valence-electron chi connectivity index (χ1n) is 6.13. The molecule has 0 bridgehead atoms. The predicted molar refractivity (Wildman–Crippen MR) is 64.0 cm³/mol. The van der Waals surface area contributed by atoms with Crippen molar-refractivity contribution in [2.45, 2.75) is 18.9 Å². The average molecular weight is 255 g/mol. The van der Waals surface area contributed by atoms with Gasteiger partial charge in [0.05, 0.1) is 19.0 Å². The third kappa shape index (κ3) is 3.89. The molecule has 18 heavy (non-hydrogen) atoms. The van der Waals surface area contributed by atoms with Gasteiger partial charge in [-0.15, -0.1) is 0 Å². The van der Waals surface area contributed by atoms with Gasteiger partial charge in [0.15, 0.2) is 5.82 Å². The molecule has 0 atom stereocenters. The lowest BCUT2D eigenvalue weighted by Gasteiger charge is -2.31. The van der Waals surface area contributed by atoms with E-state index in [2.05, 4.69) is 14.9 Å². The molecule has 0 N–H and O–H groups in total. The maximum absolute atomic E-state index is 12.6. The molecule has 1 aromatic heterocycles. The topological polar surface area (TPSA) is 47.5 Å². The molecule has 1 aromatic rings. The molecule has 1 aliphatic rings. The fourth-order valence-electron chi connectivity index (χ4n) is 1.98. The SMILES string of the molecule is COCCN1CCC(Oc2ncc(F)cn2)CC1. The summed E-state index contributed by atoms with van der Waals surface area (Å²) in [5, 5.41) is 0. The maximum Gasteiger partial charge on any atom is 0.316 e. The molecule has 0 unspecified atom stereocenters. The lowest BCUT2D eigenvalue weighted by Crippen LogP contribution is -2.39. The summed E-state index contributed by atoms with van der Waals surface area (Å²) in [6, 6.07) is 0.256. The van der Waals surface area contributed by atoms with Crippen LogP contribution in [0, 0.1) is 5.82 Å². The Morgan fingerprint density at radius 3 is 2.61 bits per heavy atom. The van der Waals surface area contributed by atoms with Gasteiger partial charge in [-0.05, 0) is 12.8 Å². The Labute approximate surface area is 106 Å². The van der Waals surface area contributed by atoms with Crippen LogP contribution in [0.4, 0.5) is 4.39 Å². The summed E-state index contributed by atoms with van der Waals surface area (Å²) in [6.07, 6.45) is 4.23. The molecule has 5 nitrogen and oxygen atoms in total. The van der Waals surface area contributed by atoms with Crippen LogP contribution in [0.3, 0.4) is 0 Å². The summed E-state index contributed by atoms with van der Waals surface area (Å²) >= 11 is 0. The predicted octanol–water partition coefficient (Wildman–Crippen LogP) is 1.11. The molecule has 1 fully saturated rings. The van der Waals surface area contributed by atoms with E-state index in [1.54, 1.807) is 7.11 Å². The number of hydrogen-bond acceptors (Lipinski definition) is 5. The molecule has 0 radical (unpaired) electrons. The second kappa shape index (κ2) is 6.61. The number of halogens is 1. The maximum atomic E-state index is 12.6.